The summed E-state index contributed by atoms with van der Waals surface area (Å²) in [4.78, 5) is 11.0. The summed E-state index contributed by atoms with van der Waals surface area (Å²) in [6.07, 6.45) is 6.45. The number of hydrogen-bond acceptors (Lipinski definition) is 8. The molecule has 0 radical (unpaired) electrons. The van der Waals surface area contributed by atoms with Crippen LogP contribution in [0.15, 0.2) is 49.1 Å². The van der Waals surface area contributed by atoms with Crippen LogP contribution < -0.4 is 5.32 Å². The lowest BCUT2D eigenvalue weighted by Crippen LogP contribution is -2.39. The first-order valence-electron chi connectivity index (χ1n) is 10.2. The van der Waals surface area contributed by atoms with Gasteiger partial charge in [0, 0.05) is 32.5 Å². The Labute approximate surface area is 179 Å². The Hall–Kier alpha value is -3.34. The number of ether oxygens (including phenoxy) is 1. The quantitative estimate of drug-likeness (QED) is 0.485. The fourth-order valence-corrected chi connectivity index (χ4v) is 3.72. The van der Waals surface area contributed by atoms with E-state index >= 15 is 0 Å². The lowest BCUT2D eigenvalue weighted by Gasteiger charge is -2.31. The van der Waals surface area contributed by atoms with E-state index < -0.39 is 6.23 Å². The van der Waals surface area contributed by atoms with Gasteiger partial charge in [-0.3, -0.25) is 9.58 Å². The molecule has 0 saturated carbocycles. The van der Waals surface area contributed by atoms with Crippen LogP contribution in [0.25, 0.3) is 11.0 Å². The van der Waals surface area contributed by atoms with Crippen LogP contribution in [0.2, 0.25) is 0 Å². The summed E-state index contributed by atoms with van der Waals surface area (Å²) >= 11 is 0. The molecule has 0 amide bonds. The van der Waals surface area contributed by atoms with Gasteiger partial charge >= 0.3 is 0 Å². The summed E-state index contributed by atoms with van der Waals surface area (Å²) in [6.45, 7) is 3.27. The SMILES string of the molecule is Cn1cc(Nc2ncc3cnn(Cc4cccc(C(O)N5CCOCC5)c4)c3n2)cn1. The number of fused-ring (bicyclic) bond motifs is 1. The molecule has 1 unspecified atom stereocenters. The molecule has 31 heavy (non-hydrogen) atoms. The van der Waals surface area contributed by atoms with E-state index in [4.69, 9.17) is 4.74 Å². The molecule has 0 spiro atoms. The maximum atomic E-state index is 10.8. The van der Waals surface area contributed by atoms with Gasteiger partial charge in [-0.25, -0.2) is 9.67 Å². The molecule has 1 aromatic carbocycles. The highest BCUT2D eigenvalue weighted by molar-refractivity contribution is 5.75. The fourth-order valence-electron chi connectivity index (χ4n) is 3.72. The Morgan fingerprint density at radius 2 is 2.03 bits per heavy atom. The molecule has 1 aliphatic rings. The summed E-state index contributed by atoms with van der Waals surface area (Å²) in [5, 5.41) is 23.4. The van der Waals surface area contributed by atoms with Crippen LogP contribution >= 0.6 is 0 Å². The maximum absolute atomic E-state index is 10.8. The van der Waals surface area contributed by atoms with Gasteiger partial charge in [0.05, 0.1) is 43.2 Å². The van der Waals surface area contributed by atoms with Gasteiger partial charge in [0.25, 0.3) is 0 Å². The normalized spacial score (nSPS) is 15.9. The molecule has 5 rings (SSSR count). The summed E-state index contributed by atoms with van der Waals surface area (Å²) in [6, 6.07) is 7.95. The molecule has 1 fully saturated rings. The minimum atomic E-state index is -0.643. The van der Waals surface area contributed by atoms with Crippen LogP contribution in [-0.2, 0) is 18.3 Å². The summed E-state index contributed by atoms with van der Waals surface area (Å²) in [5.41, 5.74) is 3.46. The van der Waals surface area contributed by atoms with Gasteiger partial charge in [0.15, 0.2) is 5.65 Å². The van der Waals surface area contributed by atoms with E-state index in [-0.39, 0.29) is 0 Å². The molecule has 0 bridgehead atoms. The molecule has 4 heterocycles. The van der Waals surface area contributed by atoms with Crippen LogP contribution in [0.3, 0.4) is 0 Å². The molecule has 1 aliphatic heterocycles. The average Bonchev–Trinajstić information content (AvgIpc) is 3.39. The first-order valence-corrected chi connectivity index (χ1v) is 10.2. The zero-order chi connectivity index (χ0) is 21.2. The molecule has 2 N–H and O–H groups in total. The smallest absolute Gasteiger partial charge is 0.229 e. The van der Waals surface area contributed by atoms with Crippen molar-refractivity contribution in [2.75, 3.05) is 31.6 Å². The number of aromatic nitrogens is 6. The molecule has 4 aromatic rings. The summed E-state index contributed by atoms with van der Waals surface area (Å²) in [5.74, 6) is 0.485. The number of aliphatic hydroxyl groups excluding tert-OH is 1. The van der Waals surface area contributed by atoms with Crippen molar-refractivity contribution in [2.45, 2.75) is 12.8 Å². The van der Waals surface area contributed by atoms with E-state index in [9.17, 15) is 5.11 Å². The Bertz CT molecular complexity index is 1180. The zero-order valence-electron chi connectivity index (χ0n) is 17.2. The molecular formula is C21H24N8O2. The summed E-state index contributed by atoms with van der Waals surface area (Å²) in [7, 11) is 1.86. The third-order valence-corrected chi connectivity index (χ3v) is 5.31. The van der Waals surface area contributed by atoms with Crippen LogP contribution in [0, 0.1) is 0 Å². The second-order valence-electron chi connectivity index (χ2n) is 7.57. The maximum Gasteiger partial charge on any atom is 0.229 e. The van der Waals surface area contributed by atoms with E-state index in [0.717, 1.165) is 40.9 Å². The molecule has 1 atom stereocenters. The number of morpholine rings is 1. The minimum absolute atomic E-state index is 0.485. The third-order valence-electron chi connectivity index (χ3n) is 5.31. The van der Waals surface area contributed by atoms with Crippen LogP contribution in [0.4, 0.5) is 11.6 Å². The van der Waals surface area contributed by atoms with E-state index in [1.807, 2.05) is 47.1 Å². The van der Waals surface area contributed by atoms with Crippen molar-refractivity contribution in [3.63, 3.8) is 0 Å². The Balaban J connectivity index is 1.37. The summed E-state index contributed by atoms with van der Waals surface area (Å²) < 4.78 is 8.93. The number of nitrogens with zero attached hydrogens (tertiary/aromatic N) is 7. The number of rotatable bonds is 6. The Kier molecular flexibility index (Phi) is 5.33. The van der Waals surface area contributed by atoms with Crippen molar-refractivity contribution in [1.82, 2.24) is 34.4 Å². The van der Waals surface area contributed by atoms with Crippen molar-refractivity contribution in [3.05, 3.63) is 60.2 Å². The van der Waals surface area contributed by atoms with Crippen molar-refractivity contribution in [3.8, 4) is 0 Å². The highest BCUT2D eigenvalue weighted by Gasteiger charge is 2.20. The topological polar surface area (TPSA) is 106 Å². The standard InChI is InChI=1S/C21H24N8O2/c1-27-14-18(12-23-27)25-21-22-10-17-11-24-29(19(17)26-21)13-15-3-2-4-16(9-15)20(30)28-5-7-31-8-6-28/h2-4,9-12,14,20,30H,5-8,13H2,1H3,(H,22,25,26). The molecule has 3 aromatic heterocycles. The number of benzene rings is 1. The van der Waals surface area contributed by atoms with Gasteiger partial charge in [-0.15, -0.1) is 0 Å². The number of aliphatic hydroxyl groups is 1. The second-order valence-corrected chi connectivity index (χ2v) is 7.57. The van der Waals surface area contributed by atoms with Crippen molar-refractivity contribution in [2.24, 2.45) is 7.05 Å². The van der Waals surface area contributed by atoms with Crippen molar-refractivity contribution >= 4 is 22.7 Å². The number of anilines is 2. The predicted octanol–water partition coefficient (Wildman–Crippen LogP) is 1.67. The highest BCUT2D eigenvalue weighted by atomic mass is 16.5. The van der Waals surface area contributed by atoms with Gasteiger partial charge in [0.2, 0.25) is 5.95 Å². The predicted molar refractivity (Wildman–Crippen MR) is 115 cm³/mol. The lowest BCUT2D eigenvalue weighted by molar-refractivity contribution is -0.0603. The minimum Gasteiger partial charge on any atom is -0.379 e. The fraction of sp³-hybridized carbons (Fsp3) is 0.333. The Morgan fingerprint density at radius 3 is 2.84 bits per heavy atom. The molecule has 10 heteroatoms. The molecular weight excluding hydrogens is 396 g/mol. The lowest BCUT2D eigenvalue weighted by atomic mass is 10.1. The van der Waals surface area contributed by atoms with Gasteiger partial charge in [-0.1, -0.05) is 18.2 Å². The van der Waals surface area contributed by atoms with Crippen LogP contribution in [0.5, 0.6) is 0 Å². The van der Waals surface area contributed by atoms with Crippen LogP contribution in [0.1, 0.15) is 17.4 Å². The first-order chi connectivity index (χ1) is 15.2. The third kappa shape index (κ3) is 4.26. The van der Waals surface area contributed by atoms with E-state index in [1.54, 1.807) is 23.3 Å². The molecule has 160 valence electrons. The van der Waals surface area contributed by atoms with Gasteiger partial charge in [0.1, 0.15) is 6.23 Å². The van der Waals surface area contributed by atoms with Crippen molar-refractivity contribution < 1.29 is 9.84 Å². The average molecular weight is 420 g/mol. The number of nitrogens with one attached hydrogen (secondary N) is 1. The number of hydrogen-bond donors (Lipinski definition) is 2. The highest BCUT2D eigenvalue weighted by Crippen LogP contribution is 2.22. The van der Waals surface area contributed by atoms with Gasteiger partial charge in [-0.05, 0) is 17.2 Å². The zero-order valence-corrected chi connectivity index (χ0v) is 17.2. The van der Waals surface area contributed by atoms with Crippen molar-refractivity contribution in [1.29, 1.82) is 0 Å². The van der Waals surface area contributed by atoms with Gasteiger partial charge in [-0.2, -0.15) is 15.2 Å². The molecule has 1 saturated heterocycles. The van der Waals surface area contributed by atoms with E-state index in [0.29, 0.717) is 25.7 Å². The first kappa shape index (κ1) is 19.6. The Morgan fingerprint density at radius 1 is 1.16 bits per heavy atom. The second kappa shape index (κ2) is 8.42. The molecule has 0 aliphatic carbocycles. The van der Waals surface area contributed by atoms with Crippen LogP contribution in [-0.4, -0.2) is 65.8 Å². The van der Waals surface area contributed by atoms with E-state index in [1.165, 1.54) is 0 Å². The van der Waals surface area contributed by atoms with Gasteiger partial charge < -0.3 is 15.2 Å². The number of aryl methyl sites for hydroxylation is 1. The monoisotopic (exact) mass is 420 g/mol. The van der Waals surface area contributed by atoms with E-state index in [2.05, 4.69) is 25.5 Å². The molecule has 10 nitrogen and oxygen atoms in total. The largest absolute Gasteiger partial charge is 0.379 e.